The number of rotatable bonds is 3. The zero-order valence-electron chi connectivity index (χ0n) is 9.92. The molecule has 1 saturated heterocycles. The average molecular weight is 316 g/mol. The summed E-state index contributed by atoms with van der Waals surface area (Å²) in [6, 6.07) is 4.54. The van der Waals surface area contributed by atoms with Crippen LogP contribution >= 0.6 is 15.9 Å². The van der Waals surface area contributed by atoms with E-state index in [1.54, 1.807) is 6.07 Å². The van der Waals surface area contributed by atoms with Crippen LogP contribution < -0.4 is 5.32 Å². The third-order valence-corrected chi connectivity index (χ3v) is 3.72. The fraction of sp³-hybridized carbons (Fsp3) is 0.462. The molecule has 0 spiro atoms. The zero-order valence-corrected chi connectivity index (χ0v) is 11.5. The van der Waals surface area contributed by atoms with E-state index in [0.29, 0.717) is 18.8 Å². The monoisotopic (exact) mass is 315 g/mol. The molecule has 2 rings (SSSR count). The van der Waals surface area contributed by atoms with Crippen LogP contribution in [0.1, 0.15) is 18.4 Å². The highest BCUT2D eigenvalue weighted by atomic mass is 79.9. The SMILES string of the molecule is O=C(Cc1cc(F)ccc1Br)NC1CCOCC1. The molecule has 1 N–H and O–H groups in total. The van der Waals surface area contributed by atoms with Gasteiger partial charge in [-0.2, -0.15) is 0 Å². The van der Waals surface area contributed by atoms with Gasteiger partial charge < -0.3 is 10.1 Å². The molecule has 1 amide bonds. The van der Waals surface area contributed by atoms with Gasteiger partial charge in [0.25, 0.3) is 0 Å². The number of hydrogen-bond acceptors (Lipinski definition) is 2. The van der Waals surface area contributed by atoms with Crippen LogP contribution in [0.3, 0.4) is 0 Å². The predicted octanol–water partition coefficient (Wildman–Crippen LogP) is 2.43. The average Bonchev–Trinajstić information content (AvgIpc) is 2.35. The minimum Gasteiger partial charge on any atom is -0.381 e. The maximum Gasteiger partial charge on any atom is 0.224 e. The van der Waals surface area contributed by atoms with E-state index in [-0.39, 0.29) is 24.2 Å². The van der Waals surface area contributed by atoms with Crippen molar-refractivity contribution < 1.29 is 13.9 Å². The van der Waals surface area contributed by atoms with E-state index >= 15 is 0 Å². The minimum atomic E-state index is -0.327. The van der Waals surface area contributed by atoms with Crippen LogP contribution in [0.25, 0.3) is 0 Å². The Morgan fingerprint density at radius 2 is 2.17 bits per heavy atom. The first-order chi connectivity index (χ1) is 8.65. The molecule has 3 nitrogen and oxygen atoms in total. The molecule has 1 aliphatic heterocycles. The van der Waals surface area contributed by atoms with Gasteiger partial charge in [-0.3, -0.25) is 4.79 Å². The third-order valence-electron chi connectivity index (χ3n) is 2.95. The van der Waals surface area contributed by atoms with Gasteiger partial charge in [0.15, 0.2) is 0 Å². The molecule has 0 saturated carbocycles. The molecule has 0 bridgehead atoms. The van der Waals surface area contributed by atoms with Crippen molar-refractivity contribution in [3.63, 3.8) is 0 Å². The van der Waals surface area contributed by atoms with Gasteiger partial charge >= 0.3 is 0 Å². The van der Waals surface area contributed by atoms with E-state index in [2.05, 4.69) is 21.2 Å². The Kier molecular flexibility index (Phi) is 4.72. The van der Waals surface area contributed by atoms with Crippen LogP contribution in [0, 0.1) is 5.82 Å². The molecule has 0 atom stereocenters. The Bertz CT molecular complexity index is 433. The van der Waals surface area contributed by atoms with Crippen LogP contribution in [-0.4, -0.2) is 25.2 Å². The van der Waals surface area contributed by atoms with Crippen LogP contribution in [0.4, 0.5) is 4.39 Å². The quantitative estimate of drug-likeness (QED) is 0.930. The minimum absolute atomic E-state index is 0.0757. The van der Waals surface area contributed by atoms with Crippen molar-refractivity contribution in [1.82, 2.24) is 5.32 Å². The summed E-state index contributed by atoms with van der Waals surface area (Å²) in [5.74, 6) is -0.403. The Morgan fingerprint density at radius 3 is 2.89 bits per heavy atom. The number of amides is 1. The predicted molar refractivity (Wildman–Crippen MR) is 69.8 cm³/mol. The summed E-state index contributed by atoms with van der Waals surface area (Å²) in [5.41, 5.74) is 0.666. The molecule has 1 aromatic carbocycles. The molecule has 5 heteroatoms. The molecular weight excluding hydrogens is 301 g/mol. The maximum absolute atomic E-state index is 13.1. The van der Waals surface area contributed by atoms with Gasteiger partial charge in [-0.05, 0) is 36.6 Å². The highest BCUT2D eigenvalue weighted by Gasteiger charge is 2.16. The lowest BCUT2D eigenvalue weighted by Crippen LogP contribution is -2.39. The van der Waals surface area contributed by atoms with Gasteiger partial charge in [0.1, 0.15) is 5.82 Å². The largest absolute Gasteiger partial charge is 0.381 e. The van der Waals surface area contributed by atoms with Crippen LogP contribution in [0.5, 0.6) is 0 Å². The van der Waals surface area contributed by atoms with Gasteiger partial charge in [-0.25, -0.2) is 4.39 Å². The first-order valence-electron chi connectivity index (χ1n) is 5.96. The smallest absolute Gasteiger partial charge is 0.224 e. The van der Waals surface area contributed by atoms with Crippen molar-refractivity contribution in [1.29, 1.82) is 0 Å². The lowest BCUT2D eigenvalue weighted by Gasteiger charge is -2.23. The number of carbonyl (C=O) groups excluding carboxylic acids is 1. The topological polar surface area (TPSA) is 38.3 Å². The summed E-state index contributed by atoms with van der Waals surface area (Å²) < 4.78 is 19.1. The molecule has 1 heterocycles. The summed E-state index contributed by atoms with van der Waals surface area (Å²) in [7, 11) is 0. The first kappa shape index (κ1) is 13.5. The number of benzene rings is 1. The summed E-state index contributed by atoms with van der Waals surface area (Å²) in [5, 5.41) is 2.95. The van der Waals surface area contributed by atoms with Crippen molar-refractivity contribution in [2.24, 2.45) is 0 Å². The molecule has 0 aromatic heterocycles. The Balaban J connectivity index is 1.92. The molecule has 0 aliphatic carbocycles. The summed E-state index contributed by atoms with van der Waals surface area (Å²) in [6.07, 6.45) is 1.88. The molecule has 1 fully saturated rings. The molecule has 98 valence electrons. The van der Waals surface area contributed by atoms with Gasteiger partial charge in [0.05, 0.1) is 6.42 Å². The maximum atomic E-state index is 13.1. The van der Waals surface area contributed by atoms with E-state index in [0.717, 1.165) is 17.3 Å². The molecule has 1 aliphatic rings. The molecule has 18 heavy (non-hydrogen) atoms. The van der Waals surface area contributed by atoms with E-state index < -0.39 is 0 Å². The second kappa shape index (κ2) is 6.29. The molecule has 0 radical (unpaired) electrons. The van der Waals surface area contributed by atoms with Crippen molar-refractivity contribution in [2.45, 2.75) is 25.3 Å². The van der Waals surface area contributed by atoms with Crippen molar-refractivity contribution in [3.05, 3.63) is 34.1 Å². The normalized spacial score (nSPS) is 16.6. The number of halogens is 2. The van der Waals surface area contributed by atoms with E-state index in [4.69, 9.17) is 4.74 Å². The number of carbonyl (C=O) groups is 1. The molecule has 0 unspecified atom stereocenters. The van der Waals surface area contributed by atoms with Gasteiger partial charge in [0.2, 0.25) is 5.91 Å². The number of ether oxygens (including phenoxy) is 1. The second-order valence-corrected chi connectivity index (χ2v) is 5.22. The van der Waals surface area contributed by atoms with Crippen LogP contribution in [0.2, 0.25) is 0 Å². The van der Waals surface area contributed by atoms with E-state index in [1.807, 2.05) is 0 Å². The second-order valence-electron chi connectivity index (χ2n) is 4.37. The Morgan fingerprint density at radius 1 is 1.44 bits per heavy atom. The standard InChI is InChI=1S/C13H15BrFNO2/c14-12-2-1-10(15)7-9(12)8-13(17)16-11-3-5-18-6-4-11/h1-2,7,11H,3-6,8H2,(H,16,17). The number of hydrogen-bond donors (Lipinski definition) is 1. The highest BCUT2D eigenvalue weighted by molar-refractivity contribution is 9.10. The van der Waals surface area contributed by atoms with Crippen molar-refractivity contribution in [2.75, 3.05) is 13.2 Å². The Hall–Kier alpha value is -0.940. The van der Waals surface area contributed by atoms with Crippen LogP contribution in [-0.2, 0) is 16.0 Å². The Labute approximate surface area is 114 Å². The first-order valence-corrected chi connectivity index (χ1v) is 6.75. The lowest BCUT2D eigenvalue weighted by molar-refractivity contribution is -0.121. The number of nitrogens with one attached hydrogen (secondary N) is 1. The summed E-state index contributed by atoms with van der Waals surface area (Å²) >= 11 is 3.32. The molecular formula is C13H15BrFNO2. The van der Waals surface area contributed by atoms with E-state index in [1.165, 1.54) is 12.1 Å². The highest BCUT2D eigenvalue weighted by Crippen LogP contribution is 2.18. The third kappa shape index (κ3) is 3.78. The van der Waals surface area contributed by atoms with Gasteiger partial charge in [-0.15, -0.1) is 0 Å². The van der Waals surface area contributed by atoms with E-state index in [9.17, 15) is 9.18 Å². The van der Waals surface area contributed by atoms with Gasteiger partial charge in [0, 0.05) is 23.7 Å². The summed E-state index contributed by atoms with van der Waals surface area (Å²) in [6.45, 7) is 1.38. The molecule has 1 aromatic rings. The van der Waals surface area contributed by atoms with Crippen LogP contribution in [0.15, 0.2) is 22.7 Å². The zero-order chi connectivity index (χ0) is 13.0. The van der Waals surface area contributed by atoms with Crippen molar-refractivity contribution in [3.8, 4) is 0 Å². The fourth-order valence-corrected chi connectivity index (χ4v) is 2.36. The summed E-state index contributed by atoms with van der Waals surface area (Å²) in [4.78, 5) is 11.8. The van der Waals surface area contributed by atoms with Crippen molar-refractivity contribution >= 4 is 21.8 Å². The van der Waals surface area contributed by atoms with Gasteiger partial charge in [-0.1, -0.05) is 15.9 Å². The lowest BCUT2D eigenvalue weighted by atomic mass is 10.1. The fourth-order valence-electron chi connectivity index (χ4n) is 1.97.